The molecule has 0 aromatic carbocycles. The molecule has 0 saturated heterocycles. The molecule has 0 fully saturated rings. The van der Waals surface area contributed by atoms with Gasteiger partial charge in [0.25, 0.3) is 0 Å². The number of halogens is 2. The topological polar surface area (TPSA) is 33.1 Å². The number of aromatic nitrogens is 1. The van der Waals surface area contributed by atoms with Crippen LogP contribution in [0.1, 0.15) is 6.92 Å². The maximum absolute atomic E-state index is 7.57. The van der Waals surface area contributed by atoms with Crippen LogP contribution in [0.25, 0.3) is 0 Å². The Morgan fingerprint density at radius 1 is 1.64 bits per heavy atom. The average Bonchev–Trinajstić information content (AvgIpc) is 1.97. The van der Waals surface area contributed by atoms with Crippen LogP contribution in [-0.2, 0) is 0 Å². The molecule has 0 saturated carbocycles. The van der Waals surface area contributed by atoms with Gasteiger partial charge in [-0.15, -0.1) is 0 Å². The third-order valence-corrected chi connectivity index (χ3v) is 1.38. The summed E-state index contributed by atoms with van der Waals surface area (Å²) in [5, 5.41) is 8.09. The summed E-state index contributed by atoms with van der Waals surface area (Å²) in [6, 6.07) is 3.57. The lowest BCUT2D eigenvalue weighted by molar-refractivity contribution is 0.318. The third-order valence-electron chi connectivity index (χ3n) is 0.691. The molecule has 62 valence electrons. The van der Waals surface area contributed by atoms with Crippen LogP contribution in [0.15, 0.2) is 22.8 Å². The standard InChI is InChI=1S/C5H3BrClN.C2H6O/c6-4-1-2-5(7)8-3-4;1-2-3/h1-3H;3H,2H2,1H3. The summed E-state index contributed by atoms with van der Waals surface area (Å²) >= 11 is 8.70. The SMILES string of the molecule is CCO.Clc1ccc(Br)cn1. The second-order valence-corrected chi connectivity index (χ2v) is 2.92. The molecule has 1 heterocycles. The molecule has 1 aromatic heterocycles. The van der Waals surface area contributed by atoms with Gasteiger partial charge >= 0.3 is 0 Å². The van der Waals surface area contributed by atoms with Crippen molar-refractivity contribution in [2.45, 2.75) is 6.92 Å². The van der Waals surface area contributed by atoms with Crippen LogP contribution in [0.5, 0.6) is 0 Å². The number of nitrogens with zero attached hydrogens (tertiary/aromatic N) is 1. The monoisotopic (exact) mass is 237 g/mol. The van der Waals surface area contributed by atoms with Gasteiger partial charge in [-0.2, -0.15) is 0 Å². The van der Waals surface area contributed by atoms with Gasteiger partial charge in [-0.05, 0) is 35.0 Å². The molecule has 0 spiro atoms. The first kappa shape index (κ1) is 10.9. The fourth-order valence-electron chi connectivity index (χ4n) is 0.358. The van der Waals surface area contributed by atoms with E-state index in [9.17, 15) is 0 Å². The van der Waals surface area contributed by atoms with E-state index >= 15 is 0 Å². The average molecular weight is 239 g/mol. The molecule has 4 heteroatoms. The van der Waals surface area contributed by atoms with Gasteiger partial charge in [0.05, 0.1) is 0 Å². The predicted molar refractivity (Wildman–Crippen MR) is 49.7 cm³/mol. The zero-order valence-corrected chi connectivity index (χ0v) is 8.43. The van der Waals surface area contributed by atoms with Crippen LogP contribution >= 0.6 is 27.5 Å². The minimum atomic E-state index is 0.250. The van der Waals surface area contributed by atoms with Crippen LogP contribution < -0.4 is 0 Å². The number of rotatable bonds is 0. The van der Waals surface area contributed by atoms with Crippen molar-refractivity contribution >= 4 is 27.5 Å². The first-order valence-corrected chi connectivity index (χ1v) is 4.25. The maximum atomic E-state index is 7.57. The van der Waals surface area contributed by atoms with Crippen LogP contribution in [-0.4, -0.2) is 16.7 Å². The lowest BCUT2D eigenvalue weighted by Gasteiger charge is -1.85. The van der Waals surface area contributed by atoms with E-state index in [0.717, 1.165) is 4.47 Å². The molecule has 0 amide bonds. The Kier molecular flexibility index (Phi) is 6.51. The molecule has 0 radical (unpaired) electrons. The highest BCUT2D eigenvalue weighted by atomic mass is 79.9. The van der Waals surface area contributed by atoms with Gasteiger partial charge in [-0.3, -0.25) is 0 Å². The molecule has 1 aromatic rings. The van der Waals surface area contributed by atoms with E-state index in [1.165, 1.54) is 0 Å². The Labute approximate surface area is 79.4 Å². The van der Waals surface area contributed by atoms with E-state index in [4.69, 9.17) is 16.7 Å². The minimum absolute atomic E-state index is 0.250. The highest BCUT2D eigenvalue weighted by Crippen LogP contribution is 2.09. The van der Waals surface area contributed by atoms with Gasteiger partial charge in [0.15, 0.2) is 0 Å². The van der Waals surface area contributed by atoms with Gasteiger partial charge < -0.3 is 5.11 Å². The zero-order chi connectivity index (χ0) is 8.69. The molecule has 0 unspecified atom stereocenters. The summed E-state index contributed by atoms with van der Waals surface area (Å²) in [6.07, 6.45) is 1.66. The molecule has 0 aliphatic carbocycles. The van der Waals surface area contributed by atoms with Gasteiger partial charge in [0.2, 0.25) is 0 Å². The van der Waals surface area contributed by atoms with Crippen molar-refractivity contribution in [2.24, 2.45) is 0 Å². The predicted octanol–water partition coefficient (Wildman–Crippen LogP) is 2.50. The largest absolute Gasteiger partial charge is 0.397 e. The Morgan fingerprint density at radius 2 is 2.18 bits per heavy atom. The van der Waals surface area contributed by atoms with Gasteiger partial charge in [0.1, 0.15) is 5.15 Å². The Bertz CT molecular complexity index is 169. The summed E-state index contributed by atoms with van der Waals surface area (Å²) in [6.45, 7) is 1.93. The Morgan fingerprint density at radius 3 is 2.45 bits per heavy atom. The van der Waals surface area contributed by atoms with Crippen molar-refractivity contribution in [3.8, 4) is 0 Å². The maximum Gasteiger partial charge on any atom is 0.129 e. The van der Waals surface area contributed by atoms with Gasteiger partial charge in [0, 0.05) is 17.3 Å². The molecule has 1 N–H and O–H groups in total. The van der Waals surface area contributed by atoms with E-state index in [1.54, 1.807) is 19.2 Å². The Hall–Kier alpha value is -0.120. The number of hydrogen-bond acceptors (Lipinski definition) is 2. The molecular formula is C7H9BrClNO. The van der Waals surface area contributed by atoms with Crippen LogP contribution in [0.4, 0.5) is 0 Å². The van der Waals surface area contributed by atoms with E-state index in [-0.39, 0.29) is 6.61 Å². The number of hydrogen-bond donors (Lipinski definition) is 1. The first-order valence-electron chi connectivity index (χ1n) is 3.08. The van der Waals surface area contributed by atoms with Crippen molar-refractivity contribution in [1.29, 1.82) is 0 Å². The summed E-state index contributed by atoms with van der Waals surface area (Å²) in [7, 11) is 0. The molecule has 0 atom stereocenters. The second-order valence-electron chi connectivity index (χ2n) is 1.62. The van der Waals surface area contributed by atoms with Gasteiger partial charge in [-0.1, -0.05) is 11.6 Å². The first-order chi connectivity index (χ1) is 5.20. The molecule has 1 rings (SSSR count). The van der Waals surface area contributed by atoms with Crippen molar-refractivity contribution in [1.82, 2.24) is 4.98 Å². The van der Waals surface area contributed by atoms with Crippen LogP contribution in [0, 0.1) is 0 Å². The summed E-state index contributed by atoms with van der Waals surface area (Å²) in [5.74, 6) is 0. The second kappa shape index (κ2) is 6.58. The van der Waals surface area contributed by atoms with E-state index < -0.39 is 0 Å². The lowest BCUT2D eigenvalue weighted by atomic mass is 10.5. The fourth-order valence-corrected chi connectivity index (χ4v) is 0.704. The molecule has 2 nitrogen and oxygen atoms in total. The fraction of sp³-hybridized carbons (Fsp3) is 0.286. The van der Waals surface area contributed by atoms with Crippen molar-refractivity contribution in [2.75, 3.05) is 6.61 Å². The minimum Gasteiger partial charge on any atom is -0.397 e. The third kappa shape index (κ3) is 6.28. The van der Waals surface area contributed by atoms with E-state index in [2.05, 4.69) is 20.9 Å². The zero-order valence-electron chi connectivity index (χ0n) is 6.09. The van der Waals surface area contributed by atoms with Crippen molar-refractivity contribution in [3.05, 3.63) is 28.0 Å². The molecule has 11 heavy (non-hydrogen) atoms. The number of aliphatic hydroxyl groups is 1. The van der Waals surface area contributed by atoms with Crippen molar-refractivity contribution < 1.29 is 5.11 Å². The smallest absolute Gasteiger partial charge is 0.129 e. The van der Waals surface area contributed by atoms with E-state index in [0.29, 0.717) is 5.15 Å². The van der Waals surface area contributed by atoms with Crippen LogP contribution in [0.3, 0.4) is 0 Å². The molecule has 0 aliphatic rings. The Balaban J connectivity index is 0.000000292. The van der Waals surface area contributed by atoms with Crippen molar-refractivity contribution in [3.63, 3.8) is 0 Å². The highest BCUT2D eigenvalue weighted by Gasteiger charge is 1.84. The normalized spacial score (nSPS) is 8.36. The summed E-state index contributed by atoms with van der Waals surface area (Å²) in [4.78, 5) is 3.80. The lowest BCUT2D eigenvalue weighted by Crippen LogP contribution is -1.69. The molecular weight excluding hydrogens is 229 g/mol. The summed E-state index contributed by atoms with van der Waals surface area (Å²) in [5.41, 5.74) is 0. The van der Waals surface area contributed by atoms with Gasteiger partial charge in [-0.25, -0.2) is 4.98 Å². The number of pyridine rings is 1. The van der Waals surface area contributed by atoms with E-state index in [1.807, 2.05) is 6.07 Å². The summed E-state index contributed by atoms with van der Waals surface area (Å²) < 4.78 is 0.946. The molecule has 0 bridgehead atoms. The number of aliphatic hydroxyl groups excluding tert-OH is 1. The highest BCUT2D eigenvalue weighted by molar-refractivity contribution is 9.10. The molecule has 0 aliphatic heterocycles. The van der Waals surface area contributed by atoms with Crippen LogP contribution in [0.2, 0.25) is 5.15 Å². The quantitative estimate of drug-likeness (QED) is 0.705.